The largest absolute Gasteiger partial charge is 0.347 e. The Balaban J connectivity index is 1.59. The third kappa shape index (κ3) is 3.31. The highest BCUT2D eigenvalue weighted by Gasteiger charge is 2.43. The predicted molar refractivity (Wildman–Crippen MR) is 104 cm³/mol. The van der Waals surface area contributed by atoms with E-state index < -0.39 is 5.79 Å². The van der Waals surface area contributed by atoms with Crippen LogP contribution in [0.25, 0.3) is 0 Å². The number of benzene rings is 1. The third-order valence-corrected chi connectivity index (χ3v) is 6.52. The molecule has 1 amide bonds. The van der Waals surface area contributed by atoms with Gasteiger partial charge in [0.1, 0.15) is 0 Å². The quantitative estimate of drug-likeness (QED) is 0.810. The lowest BCUT2D eigenvalue weighted by atomic mass is 9.93. The van der Waals surface area contributed by atoms with Crippen LogP contribution in [-0.2, 0) is 33.7 Å². The number of hydrogen-bond acceptors (Lipinski definition) is 4. The van der Waals surface area contributed by atoms with E-state index in [9.17, 15) is 4.79 Å². The van der Waals surface area contributed by atoms with Crippen molar-refractivity contribution >= 4 is 22.2 Å². The van der Waals surface area contributed by atoms with Gasteiger partial charge in [-0.25, -0.2) is 0 Å². The van der Waals surface area contributed by atoms with E-state index in [0.29, 0.717) is 13.2 Å². The second-order valence-corrected chi connectivity index (χ2v) is 8.51. The lowest BCUT2D eigenvalue weighted by Gasteiger charge is -2.31. The highest BCUT2D eigenvalue weighted by molar-refractivity contribution is 7.16. The molecular weight excluding hydrogens is 346 g/mol. The molecule has 2 aliphatic rings. The van der Waals surface area contributed by atoms with Crippen LogP contribution in [0.2, 0.25) is 0 Å². The van der Waals surface area contributed by atoms with Gasteiger partial charge in [-0.15, -0.1) is 11.3 Å². The molecular formula is C21H25NO3S. The molecule has 4 nitrogen and oxygen atoms in total. The van der Waals surface area contributed by atoms with Crippen molar-refractivity contribution in [2.45, 2.75) is 58.5 Å². The van der Waals surface area contributed by atoms with Gasteiger partial charge in [0.15, 0.2) is 5.79 Å². The zero-order valence-corrected chi connectivity index (χ0v) is 16.4. The highest BCUT2D eigenvalue weighted by Crippen LogP contribution is 2.43. The topological polar surface area (TPSA) is 38.8 Å². The third-order valence-electron chi connectivity index (χ3n) is 5.32. The van der Waals surface area contributed by atoms with Crippen molar-refractivity contribution in [2.75, 3.05) is 11.5 Å². The Hall–Kier alpha value is -1.69. The molecule has 1 saturated heterocycles. The summed E-state index contributed by atoms with van der Waals surface area (Å²) in [5.74, 6) is -0.380. The molecule has 138 valence electrons. The van der Waals surface area contributed by atoms with E-state index in [2.05, 4.69) is 32.0 Å². The normalized spacial score (nSPS) is 24.7. The minimum atomic E-state index is -0.453. The van der Waals surface area contributed by atoms with Crippen molar-refractivity contribution in [3.63, 3.8) is 0 Å². The van der Waals surface area contributed by atoms with Gasteiger partial charge in [0.25, 0.3) is 0 Å². The van der Waals surface area contributed by atoms with Crippen molar-refractivity contribution in [1.82, 2.24) is 0 Å². The lowest BCUT2D eigenvalue weighted by molar-refractivity contribution is -0.172. The number of hydrogen-bond donors (Lipinski definition) is 0. The van der Waals surface area contributed by atoms with Crippen LogP contribution in [0.15, 0.2) is 30.3 Å². The zero-order chi connectivity index (χ0) is 18.3. The number of fused-ring (bicyclic) bond motifs is 1. The summed E-state index contributed by atoms with van der Waals surface area (Å²) < 4.78 is 12.1. The van der Waals surface area contributed by atoms with Crippen molar-refractivity contribution in [3.05, 3.63) is 51.9 Å². The number of carbonyl (C=O) groups excluding carboxylic acids is 1. The number of ether oxygens (including phenoxy) is 2. The van der Waals surface area contributed by atoms with Gasteiger partial charge >= 0.3 is 0 Å². The Labute approximate surface area is 158 Å². The SMILES string of the molecule is CC(=O)N(Cc1ccccc1C)c1cc2c(s1)CC1(CC2)OCC(C)O1. The van der Waals surface area contributed by atoms with Crippen LogP contribution in [0.5, 0.6) is 0 Å². The van der Waals surface area contributed by atoms with Gasteiger partial charge in [0, 0.05) is 24.6 Å². The first-order chi connectivity index (χ1) is 12.5. The first-order valence-electron chi connectivity index (χ1n) is 9.22. The van der Waals surface area contributed by atoms with E-state index >= 15 is 0 Å². The maximum Gasteiger partial charge on any atom is 0.224 e. The monoisotopic (exact) mass is 371 g/mol. The maximum atomic E-state index is 12.3. The number of anilines is 1. The number of aryl methyl sites for hydroxylation is 2. The van der Waals surface area contributed by atoms with Crippen LogP contribution in [0.4, 0.5) is 5.00 Å². The zero-order valence-electron chi connectivity index (χ0n) is 15.6. The summed E-state index contributed by atoms with van der Waals surface area (Å²) in [6.07, 6.45) is 2.77. The highest BCUT2D eigenvalue weighted by atomic mass is 32.1. The standard InChI is InChI=1S/C21H25NO3S/c1-14-6-4-5-7-18(14)12-22(16(3)23)20-10-17-8-9-21(11-19(17)26-20)24-13-15(2)25-21/h4-7,10,15H,8-9,11-13H2,1-3H3. The van der Waals surface area contributed by atoms with Crippen molar-refractivity contribution in [1.29, 1.82) is 0 Å². The fourth-order valence-electron chi connectivity index (χ4n) is 3.83. The van der Waals surface area contributed by atoms with Gasteiger partial charge in [-0.05, 0) is 43.0 Å². The Morgan fingerprint density at radius 1 is 1.38 bits per heavy atom. The summed E-state index contributed by atoms with van der Waals surface area (Å²) in [4.78, 5) is 15.5. The minimum absolute atomic E-state index is 0.0727. The average Bonchev–Trinajstić information content (AvgIpc) is 3.17. The Morgan fingerprint density at radius 3 is 2.88 bits per heavy atom. The molecule has 1 aliphatic carbocycles. The molecule has 0 N–H and O–H groups in total. The summed E-state index contributed by atoms with van der Waals surface area (Å²) >= 11 is 1.70. The van der Waals surface area contributed by atoms with Gasteiger partial charge in [-0.3, -0.25) is 9.69 Å². The van der Waals surface area contributed by atoms with Gasteiger partial charge in [-0.1, -0.05) is 24.3 Å². The Bertz CT molecular complexity index is 830. The fourth-order valence-corrected chi connectivity index (χ4v) is 5.17. The second kappa shape index (κ2) is 6.80. The molecule has 0 radical (unpaired) electrons. The lowest BCUT2D eigenvalue weighted by Crippen LogP contribution is -2.36. The number of carbonyl (C=O) groups is 1. The number of amides is 1. The first-order valence-corrected chi connectivity index (χ1v) is 10.0. The summed E-state index contributed by atoms with van der Waals surface area (Å²) in [7, 11) is 0. The molecule has 0 saturated carbocycles. The molecule has 26 heavy (non-hydrogen) atoms. The second-order valence-electron chi connectivity index (χ2n) is 7.39. The first kappa shape index (κ1) is 17.7. The van der Waals surface area contributed by atoms with Crippen LogP contribution >= 0.6 is 11.3 Å². The number of rotatable bonds is 3. The Morgan fingerprint density at radius 2 is 2.19 bits per heavy atom. The van der Waals surface area contributed by atoms with Crippen LogP contribution in [0.3, 0.4) is 0 Å². The molecule has 4 rings (SSSR count). The van der Waals surface area contributed by atoms with Crippen LogP contribution in [-0.4, -0.2) is 24.4 Å². The fraction of sp³-hybridized carbons (Fsp3) is 0.476. The molecule has 2 atom stereocenters. The van der Waals surface area contributed by atoms with E-state index in [1.54, 1.807) is 18.3 Å². The molecule has 2 heterocycles. The van der Waals surface area contributed by atoms with Gasteiger partial charge < -0.3 is 9.47 Å². The van der Waals surface area contributed by atoms with Crippen molar-refractivity contribution in [2.24, 2.45) is 0 Å². The summed E-state index contributed by atoms with van der Waals surface area (Å²) in [6, 6.07) is 10.4. The molecule has 1 aromatic heterocycles. The van der Waals surface area contributed by atoms with Crippen LogP contribution in [0, 0.1) is 6.92 Å². The molecule has 1 aromatic carbocycles. The maximum absolute atomic E-state index is 12.3. The number of thiophene rings is 1. The van der Waals surface area contributed by atoms with Gasteiger partial charge in [0.05, 0.1) is 24.3 Å². The molecule has 5 heteroatoms. The molecule has 1 fully saturated rings. The van der Waals surface area contributed by atoms with Gasteiger partial charge in [-0.2, -0.15) is 0 Å². The summed E-state index contributed by atoms with van der Waals surface area (Å²) in [5.41, 5.74) is 3.72. The number of nitrogens with zero attached hydrogens (tertiary/aromatic N) is 1. The summed E-state index contributed by atoms with van der Waals surface area (Å²) in [5, 5.41) is 1.02. The van der Waals surface area contributed by atoms with E-state index in [-0.39, 0.29) is 12.0 Å². The molecule has 1 aliphatic heterocycles. The van der Waals surface area contributed by atoms with Gasteiger partial charge in [0.2, 0.25) is 5.91 Å². The predicted octanol–water partition coefficient (Wildman–Crippen LogP) is 4.23. The molecule has 1 spiro atoms. The van der Waals surface area contributed by atoms with E-state index in [1.807, 2.05) is 17.0 Å². The summed E-state index contributed by atoms with van der Waals surface area (Å²) in [6.45, 7) is 7.07. The molecule has 2 aromatic rings. The van der Waals surface area contributed by atoms with E-state index in [0.717, 1.165) is 24.3 Å². The average molecular weight is 372 g/mol. The van der Waals surface area contributed by atoms with Crippen LogP contribution < -0.4 is 4.90 Å². The molecule has 0 bridgehead atoms. The smallest absolute Gasteiger partial charge is 0.224 e. The van der Waals surface area contributed by atoms with Crippen LogP contribution in [0.1, 0.15) is 41.8 Å². The van der Waals surface area contributed by atoms with Crippen molar-refractivity contribution in [3.8, 4) is 0 Å². The molecule has 2 unspecified atom stereocenters. The van der Waals surface area contributed by atoms with E-state index in [4.69, 9.17) is 9.47 Å². The van der Waals surface area contributed by atoms with Crippen molar-refractivity contribution < 1.29 is 14.3 Å². The Kier molecular flexibility index (Phi) is 4.63. The van der Waals surface area contributed by atoms with E-state index in [1.165, 1.54) is 21.6 Å². The minimum Gasteiger partial charge on any atom is -0.347 e.